The van der Waals surface area contributed by atoms with Gasteiger partial charge in [-0.25, -0.2) is 9.59 Å². The highest BCUT2D eigenvalue weighted by Gasteiger charge is 2.24. The molecule has 1 aliphatic rings. The number of hydrogen-bond donors (Lipinski definition) is 3. The summed E-state index contributed by atoms with van der Waals surface area (Å²) in [6.45, 7) is 3.86. The Bertz CT molecular complexity index is 281. The molecule has 0 bridgehead atoms. The minimum absolute atomic E-state index is 0.176. The van der Waals surface area contributed by atoms with Gasteiger partial charge in [-0.2, -0.15) is 0 Å². The van der Waals surface area contributed by atoms with Crippen molar-refractivity contribution in [1.29, 1.82) is 0 Å². The molecule has 0 heterocycles. The average molecular weight is 242 g/mol. The van der Waals surface area contributed by atoms with Gasteiger partial charge in [0.15, 0.2) is 0 Å². The van der Waals surface area contributed by atoms with Crippen molar-refractivity contribution in [3.63, 3.8) is 0 Å². The third kappa shape index (κ3) is 4.24. The molecule has 3 atom stereocenters. The minimum Gasteiger partial charge on any atom is -0.480 e. The van der Waals surface area contributed by atoms with E-state index in [9.17, 15) is 9.59 Å². The van der Waals surface area contributed by atoms with Crippen LogP contribution in [0.15, 0.2) is 0 Å². The van der Waals surface area contributed by atoms with E-state index in [4.69, 9.17) is 5.11 Å². The Morgan fingerprint density at radius 3 is 2.53 bits per heavy atom. The van der Waals surface area contributed by atoms with Gasteiger partial charge in [-0.05, 0) is 25.2 Å². The SMILES string of the molecule is CC[C@@H](NC(=O)NC1CCCCC1C)C(=O)O. The molecule has 0 aromatic rings. The molecule has 2 amide bonds. The second kappa shape index (κ2) is 6.47. The molecule has 17 heavy (non-hydrogen) atoms. The first-order valence-corrected chi connectivity index (χ1v) is 6.34. The Labute approximate surface area is 102 Å². The van der Waals surface area contributed by atoms with Gasteiger partial charge in [-0.15, -0.1) is 0 Å². The van der Waals surface area contributed by atoms with Crippen LogP contribution in [-0.4, -0.2) is 29.2 Å². The zero-order valence-corrected chi connectivity index (χ0v) is 10.5. The van der Waals surface area contributed by atoms with Crippen molar-refractivity contribution >= 4 is 12.0 Å². The first-order valence-electron chi connectivity index (χ1n) is 6.34. The van der Waals surface area contributed by atoms with E-state index in [0.29, 0.717) is 12.3 Å². The van der Waals surface area contributed by atoms with Crippen LogP contribution in [0.25, 0.3) is 0 Å². The summed E-state index contributed by atoms with van der Waals surface area (Å²) in [5.74, 6) is -0.515. The lowest BCUT2D eigenvalue weighted by molar-refractivity contribution is -0.139. The van der Waals surface area contributed by atoms with Gasteiger partial charge < -0.3 is 15.7 Å². The van der Waals surface area contributed by atoms with Crippen molar-refractivity contribution in [3.05, 3.63) is 0 Å². The lowest BCUT2D eigenvalue weighted by Crippen LogP contribution is -2.50. The Kier molecular flexibility index (Phi) is 5.25. The van der Waals surface area contributed by atoms with Crippen molar-refractivity contribution in [2.75, 3.05) is 0 Å². The number of urea groups is 1. The molecule has 0 spiro atoms. The van der Waals surface area contributed by atoms with E-state index in [1.807, 2.05) is 0 Å². The third-order valence-electron chi connectivity index (χ3n) is 3.44. The van der Waals surface area contributed by atoms with Crippen LogP contribution >= 0.6 is 0 Å². The fourth-order valence-electron chi connectivity index (χ4n) is 2.24. The van der Waals surface area contributed by atoms with Crippen molar-refractivity contribution in [3.8, 4) is 0 Å². The highest BCUT2D eigenvalue weighted by Crippen LogP contribution is 2.23. The summed E-state index contributed by atoms with van der Waals surface area (Å²) in [6, 6.07) is -0.984. The summed E-state index contributed by atoms with van der Waals surface area (Å²) in [6.07, 6.45) is 4.85. The molecule has 1 aliphatic carbocycles. The van der Waals surface area contributed by atoms with Crippen molar-refractivity contribution in [2.24, 2.45) is 5.92 Å². The summed E-state index contributed by atoms with van der Waals surface area (Å²) in [4.78, 5) is 22.4. The zero-order chi connectivity index (χ0) is 12.8. The van der Waals surface area contributed by atoms with Gasteiger partial charge in [-0.3, -0.25) is 0 Å². The van der Waals surface area contributed by atoms with Crippen LogP contribution in [0.1, 0.15) is 46.0 Å². The van der Waals surface area contributed by atoms with E-state index < -0.39 is 12.0 Å². The lowest BCUT2D eigenvalue weighted by Gasteiger charge is -2.29. The molecule has 0 aromatic carbocycles. The number of carbonyl (C=O) groups excluding carboxylic acids is 1. The first kappa shape index (κ1) is 13.8. The molecule has 1 saturated carbocycles. The smallest absolute Gasteiger partial charge is 0.326 e. The molecular formula is C12H22N2O3. The monoisotopic (exact) mass is 242 g/mol. The number of carbonyl (C=O) groups is 2. The molecule has 1 rings (SSSR count). The maximum absolute atomic E-state index is 11.6. The quantitative estimate of drug-likeness (QED) is 0.702. The van der Waals surface area contributed by atoms with E-state index in [1.54, 1.807) is 6.92 Å². The summed E-state index contributed by atoms with van der Waals surface area (Å²) in [7, 11) is 0. The molecule has 0 radical (unpaired) electrons. The molecule has 0 aromatic heterocycles. The molecule has 98 valence electrons. The Morgan fingerprint density at radius 1 is 1.35 bits per heavy atom. The highest BCUT2D eigenvalue weighted by molar-refractivity contribution is 5.82. The van der Waals surface area contributed by atoms with Crippen LogP contribution in [0.2, 0.25) is 0 Å². The molecule has 0 saturated heterocycles. The predicted molar refractivity (Wildman–Crippen MR) is 64.8 cm³/mol. The van der Waals surface area contributed by atoms with Crippen LogP contribution in [0.3, 0.4) is 0 Å². The Morgan fingerprint density at radius 2 is 2.00 bits per heavy atom. The van der Waals surface area contributed by atoms with Gasteiger partial charge in [0.05, 0.1) is 0 Å². The fraction of sp³-hybridized carbons (Fsp3) is 0.833. The summed E-state index contributed by atoms with van der Waals surface area (Å²) < 4.78 is 0. The zero-order valence-electron chi connectivity index (χ0n) is 10.5. The number of hydrogen-bond acceptors (Lipinski definition) is 2. The van der Waals surface area contributed by atoms with Crippen LogP contribution in [0.4, 0.5) is 4.79 Å². The maximum atomic E-state index is 11.6. The van der Waals surface area contributed by atoms with Crippen molar-refractivity contribution in [1.82, 2.24) is 10.6 Å². The largest absolute Gasteiger partial charge is 0.480 e. The van der Waals surface area contributed by atoms with Gasteiger partial charge in [0, 0.05) is 6.04 Å². The number of aliphatic carboxylic acids is 1. The van der Waals surface area contributed by atoms with Gasteiger partial charge in [0.1, 0.15) is 6.04 Å². The number of rotatable bonds is 4. The fourth-order valence-corrected chi connectivity index (χ4v) is 2.24. The van der Waals surface area contributed by atoms with E-state index in [-0.39, 0.29) is 12.1 Å². The first-order chi connectivity index (χ1) is 8.04. The number of carboxylic acid groups (broad SMARTS) is 1. The lowest BCUT2D eigenvalue weighted by atomic mass is 9.86. The van der Waals surface area contributed by atoms with Gasteiger partial charge in [0.25, 0.3) is 0 Å². The van der Waals surface area contributed by atoms with Gasteiger partial charge >= 0.3 is 12.0 Å². The van der Waals surface area contributed by atoms with E-state index in [1.165, 1.54) is 6.42 Å². The molecule has 1 fully saturated rings. The number of nitrogens with one attached hydrogen (secondary N) is 2. The van der Waals surface area contributed by atoms with Crippen molar-refractivity contribution in [2.45, 2.75) is 58.0 Å². The van der Waals surface area contributed by atoms with E-state index >= 15 is 0 Å². The standard InChI is InChI=1S/C12H22N2O3/c1-3-9(11(15)16)13-12(17)14-10-7-5-4-6-8(10)2/h8-10H,3-7H2,1-2H3,(H,15,16)(H2,13,14,17)/t8?,9-,10?/m1/s1. The molecule has 5 nitrogen and oxygen atoms in total. The molecule has 5 heteroatoms. The van der Waals surface area contributed by atoms with E-state index in [2.05, 4.69) is 17.6 Å². The van der Waals surface area contributed by atoms with Crippen LogP contribution in [0.5, 0.6) is 0 Å². The average Bonchev–Trinajstić information content (AvgIpc) is 2.28. The Balaban J connectivity index is 2.40. The maximum Gasteiger partial charge on any atom is 0.326 e. The van der Waals surface area contributed by atoms with Crippen LogP contribution in [-0.2, 0) is 4.79 Å². The molecule has 3 N–H and O–H groups in total. The molecule has 0 aliphatic heterocycles. The second-order valence-electron chi connectivity index (χ2n) is 4.79. The number of carboxylic acids is 1. The van der Waals surface area contributed by atoms with Crippen LogP contribution in [0, 0.1) is 5.92 Å². The predicted octanol–water partition coefficient (Wildman–Crippen LogP) is 1.73. The normalized spacial score (nSPS) is 26.0. The topological polar surface area (TPSA) is 78.4 Å². The van der Waals surface area contributed by atoms with E-state index in [0.717, 1.165) is 19.3 Å². The van der Waals surface area contributed by atoms with Gasteiger partial charge in [-0.1, -0.05) is 26.7 Å². The van der Waals surface area contributed by atoms with Crippen molar-refractivity contribution < 1.29 is 14.7 Å². The third-order valence-corrected chi connectivity index (χ3v) is 3.44. The number of amides is 2. The van der Waals surface area contributed by atoms with Crippen LogP contribution < -0.4 is 10.6 Å². The summed E-state index contributed by atoms with van der Waals surface area (Å²) in [5, 5.41) is 14.2. The molecule has 2 unspecified atom stereocenters. The summed E-state index contributed by atoms with van der Waals surface area (Å²) in [5.41, 5.74) is 0. The second-order valence-corrected chi connectivity index (χ2v) is 4.79. The summed E-state index contributed by atoms with van der Waals surface area (Å²) >= 11 is 0. The highest BCUT2D eigenvalue weighted by atomic mass is 16.4. The molecular weight excluding hydrogens is 220 g/mol. The minimum atomic E-state index is -0.987. The Hall–Kier alpha value is -1.26. The van der Waals surface area contributed by atoms with Gasteiger partial charge in [0.2, 0.25) is 0 Å².